The van der Waals surface area contributed by atoms with Crippen LogP contribution >= 0.6 is 15.9 Å². The van der Waals surface area contributed by atoms with Gasteiger partial charge in [0.05, 0.1) is 0 Å². The van der Waals surface area contributed by atoms with Crippen molar-refractivity contribution in [2.75, 3.05) is 0 Å². The lowest BCUT2D eigenvalue weighted by Gasteiger charge is -2.08. The molecule has 1 aromatic rings. The number of halogens is 1. The van der Waals surface area contributed by atoms with Crippen LogP contribution < -0.4 is 5.32 Å². The van der Waals surface area contributed by atoms with Gasteiger partial charge in [-0.3, -0.25) is 4.79 Å². The number of amides is 1. The standard InChI is InChI=1S/C12H14BrNO/c1-7-5-9(6-11(13)8(7)2)12(15)14-10-3-4-10/h5-6,10H,3-4H2,1-2H3,(H,14,15). The molecule has 0 aromatic heterocycles. The fourth-order valence-corrected chi connectivity index (χ4v) is 2.00. The first-order valence-corrected chi connectivity index (χ1v) is 5.95. The van der Waals surface area contributed by atoms with E-state index in [2.05, 4.69) is 21.2 Å². The predicted octanol–water partition coefficient (Wildman–Crippen LogP) is 2.96. The normalized spacial score (nSPS) is 15.1. The SMILES string of the molecule is Cc1cc(C(=O)NC2CC2)cc(Br)c1C. The van der Waals surface area contributed by atoms with E-state index in [1.54, 1.807) is 0 Å². The lowest BCUT2D eigenvalue weighted by atomic mass is 10.1. The quantitative estimate of drug-likeness (QED) is 0.877. The molecule has 1 aliphatic rings. The zero-order valence-corrected chi connectivity index (χ0v) is 10.5. The van der Waals surface area contributed by atoms with Gasteiger partial charge in [0.15, 0.2) is 0 Å². The van der Waals surface area contributed by atoms with Crippen molar-refractivity contribution >= 4 is 21.8 Å². The lowest BCUT2D eigenvalue weighted by molar-refractivity contribution is 0.0951. The maximum Gasteiger partial charge on any atom is 0.251 e. The largest absolute Gasteiger partial charge is 0.349 e. The van der Waals surface area contributed by atoms with Gasteiger partial charge in [-0.2, -0.15) is 0 Å². The molecule has 1 amide bonds. The van der Waals surface area contributed by atoms with Gasteiger partial charge in [0.25, 0.3) is 5.91 Å². The minimum absolute atomic E-state index is 0.0429. The van der Waals surface area contributed by atoms with E-state index >= 15 is 0 Å². The molecule has 0 heterocycles. The molecule has 0 unspecified atom stereocenters. The smallest absolute Gasteiger partial charge is 0.251 e. The maximum atomic E-state index is 11.8. The highest BCUT2D eigenvalue weighted by Gasteiger charge is 2.24. The number of carbonyl (C=O) groups excluding carboxylic acids is 1. The molecule has 1 aliphatic carbocycles. The van der Waals surface area contributed by atoms with Crippen LogP contribution in [0, 0.1) is 13.8 Å². The molecular weight excluding hydrogens is 254 g/mol. The molecule has 2 rings (SSSR count). The van der Waals surface area contributed by atoms with Crippen molar-refractivity contribution in [1.82, 2.24) is 5.32 Å². The fraction of sp³-hybridized carbons (Fsp3) is 0.417. The van der Waals surface area contributed by atoms with E-state index in [1.165, 1.54) is 5.56 Å². The van der Waals surface area contributed by atoms with Gasteiger partial charge in [-0.25, -0.2) is 0 Å². The third-order valence-electron chi connectivity index (χ3n) is 2.78. The van der Waals surface area contributed by atoms with Gasteiger partial charge in [0.2, 0.25) is 0 Å². The predicted molar refractivity (Wildman–Crippen MR) is 64.1 cm³/mol. The topological polar surface area (TPSA) is 29.1 Å². The summed E-state index contributed by atoms with van der Waals surface area (Å²) in [7, 11) is 0. The number of rotatable bonds is 2. The van der Waals surface area contributed by atoms with Crippen LogP contribution in [0.5, 0.6) is 0 Å². The molecule has 0 saturated heterocycles. The fourth-order valence-electron chi connectivity index (χ4n) is 1.44. The molecule has 1 fully saturated rings. The number of hydrogen-bond donors (Lipinski definition) is 1. The molecule has 1 N–H and O–H groups in total. The van der Waals surface area contributed by atoms with Crippen molar-refractivity contribution in [3.05, 3.63) is 33.3 Å². The van der Waals surface area contributed by atoms with E-state index in [1.807, 2.05) is 26.0 Å². The Morgan fingerprint density at radius 2 is 2.07 bits per heavy atom. The van der Waals surface area contributed by atoms with Crippen LogP contribution in [-0.4, -0.2) is 11.9 Å². The molecule has 0 bridgehead atoms. The Morgan fingerprint density at radius 3 is 2.60 bits per heavy atom. The summed E-state index contributed by atoms with van der Waals surface area (Å²) in [5.74, 6) is 0.0429. The van der Waals surface area contributed by atoms with Crippen molar-refractivity contribution in [3.63, 3.8) is 0 Å². The summed E-state index contributed by atoms with van der Waals surface area (Å²) in [6, 6.07) is 4.25. The van der Waals surface area contributed by atoms with Crippen LogP contribution in [-0.2, 0) is 0 Å². The Bertz CT molecular complexity index is 387. The van der Waals surface area contributed by atoms with Gasteiger partial charge < -0.3 is 5.32 Å². The highest BCUT2D eigenvalue weighted by atomic mass is 79.9. The highest BCUT2D eigenvalue weighted by molar-refractivity contribution is 9.10. The van der Waals surface area contributed by atoms with Crippen molar-refractivity contribution in [3.8, 4) is 0 Å². The van der Waals surface area contributed by atoms with Crippen LogP contribution in [0.15, 0.2) is 16.6 Å². The Kier molecular flexibility index (Phi) is 2.83. The monoisotopic (exact) mass is 267 g/mol. The maximum absolute atomic E-state index is 11.8. The van der Waals surface area contributed by atoms with E-state index in [0.29, 0.717) is 6.04 Å². The second-order valence-corrected chi connectivity index (χ2v) is 5.00. The summed E-state index contributed by atoms with van der Waals surface area (Å²) in [5, 5.41) is 2.98. The van der Waals surface area contributed by atoms with E-state index in [9.17, 15) is 4.79 Å². The molecule has 15 heavy (non-hydrogen) atoms. The van der Waals surface area contributed by atoms with E-state index in [-0.39, 0.29) is 5.91 Å². The Labute approximate surface area is 98.2 Å². The summed E-state index contributed by atoms with van der Waals surface area (Å²) in [6.45, 7) is 4.07. The first-order chi connectivity index (χ1) is 7.08. The zero-order valence-electron chi connectivity index (χ0n) is 8.93. The van der Waals surface area contributed by atoms with Crippen LogP contribution in [0.4, 0.5) is 0 Å². The minimum atomic E-state index is 0.0429. The number of aryl methyl sites for hydroxylation is 1. The first-order valence-electron chi connectivity index (χ1n) is 5.15. The minimum Gasteiger partial charge on any atom is -0.349 e. The van der Waals surface area contributed by atoms with Crippen molar-refractivity contribution in [2.45, 2.75) is 32.7 Å². The lowest BCUT2D eigenvalue weighted by Crippen LogP contribution is -2.25. The van der Waals surface area contributed by atoms with Crippen molar-refractivity contribution in [1.29, 1.82) is 0 Å². The third kappa shape index (κ3) is 2.40. The molecule has 0 spiro atoms. The molecular formula is C12H14BrNO. The number of benzene rings is 1. The molecule has 0 radical (unpaired) electrons. The van der Waals surface area contributed by atoms with Crippen LogP contribution in [0.3, 0.4) is 0 Å². The summed E-state index contributed by atoms with van der Waals surface area (Å²) >= 11 is 3.47. The number of nitrogens with one attached hydrogen (secondary N) is 1. The summed E-state index contributed by atoms with van der Waals surface area (Å²) in [4.78, 5) is 11.8. The Morgan fingerprint density at radius 1 is 1.40 bits per heavy atom. The molecule has 0 aliphatic heterocycles. The van der Waals surface area contributed by atoms with Gasteiger partial charge >= 0.3 is 0 Å². The average molecular weight is 268 g/mol. The molecule has 2 nitrogen and oxygen atoms in total. The van der Waals surface area contributed by atoms with Crippen LogP contribution in [0.2, 0.25) is 0 Å². The van der Waals surface area contributed by atoms with E-state index < -0.39 is 0 Å². The Hall–Kier alpha value is -0.830. The van der Waals surface area contributed by atoms with Crippen LogP contribution in [0.25, 0.3) is 0 Å². The van der Waals surface area contributed by atoms with Crippen molar-refractivity contribution < 1.29 is 4.79 Å². The molecule has 1 aromatic carbocycles. The molecule has 3 heteroatoms. The van der Waals surface area contributed by atoms with E-state index in [0.717, 1.165) is 28.4 Å². The molecule has 80 valence electrons. The average Bonchev–Trinajstić information content (AvgIpc) is 2.97. The summed E-state index contributed by atoms with van der Waals surface area (Å²) < 4.78 is 1.00. The summed E-state index contributed by atoms with van der Waals surface area (Å²) in [6.07, 6.45) is 2.25. The number of hydrogen-bond acceptors (Lipinski definition) is 1. The summed E-state index contributed by atoms with van der Waals surface area (Å²) in [5.41, 5.74) is 3.08. The van der Waals surface area contributed by atoms with Gasteiger partial charge in [0.1, 0.15) is 0 Å². The zero-order chi connectivity index (χ0) is 11.0. The second-order valence-electron chi connectivity index (χ2n) is 4.15. The van der Waals surface area contributed by atoms with Gasteiger partial charge in [-0.15, -0.1) is 0 Å². The van der Waals surface area contributed by atoms with E-state index in [4.69, 9.17) is 0 Å². The molecule has 1 saturated carbocycles. The highest BCUT2D eigenvalue weighted by Crippen LogP contribution is 2.23. The second kappa shape index (κ2) is 3.97. The van der Waals surface area contributed by atoms with Gasteiger partial charge in [0, 0.05) is 16.1 Å². The number of carbonyl (C=O) groups is 1. The Balaban J connectivity index is 2.23. The third-order valence-corrected chi connectivity index (χ3v) is 3.60. The van der Waals surface area contributed by atoms with Crippen LogP contribution in [0.1, 0.15) is 34.3 Å². The van der Waals surface area contributed by atoms with Gasteiger partial charge in [-0.05, 0) is 49.9 Å². The first kappa shape index (κ1) is 10.7. The van der Waals surface area contributed by atoms with Gasteiger partial charge in [-0.1, -0.05) is 15.9 Å². The van der Waals surface area contributed by atoms with Crippen molar-refractivity contribution in [2.24, 2.45) is 0 Å². The molecule has 0 atom stereocenters.